The van der Waals surface area contributed by atoms with Gasteiger partial charge in [0.05, 0.1) is 0 Å². The van der Waals surface area contributed by atoms with Crippen molar-refractivity contribution in [2.24, 2.45) is 11.3 Å². The van der Waals surface area contributed by atoms with Gasteiger partial charge in [-0.05, 0) is 65.0 Å². The Kier molecular flexibility index (Phi) is 7.00. The maximum Gasteiger partial charge on any atom is 0.00967 e. The van der Waals surface area contributed by atoms with E-state index in [1.54, 1.807) is 0 Å². The van der Waals surface area contributed by atoms with E-state index in [-0.39, 0.29) is 5.54 Å². The molecular weight excluding hydrogens is 244 g/mol. The van der Waals surface area contributed by atoms with Gasteiger partial charge in [-0.15, -0.1) is 0 Å². The van der Waals surface area contributed by atoms with E-state index in [1.165, 1.54) is 58.2 Å². The van der Waals surface area contributed by atoms with Crippen LogP contribution in [-0.2, 0) is 0 Å². The quantitative estimate of drug-likeness (QED) is 0.749. The standard InChI is InChI=1S/C18H38N2/c1-16(2)10-13-20(6)15-18(11-8-7-9-12-18)14-19-17(3,4)5/h16,19H,7-15H2,1-6H3. The van der Waals surface area contributed by atoms with E-state index in [0.29, 0.717) is 5.41 Å². The second-order valence-electron chi connectivity index (χ2n) is 8.58. The van der Waals surface area contributed by atoms with Crippen LogP contribution < -0.4 is 5.32 Å². The Morgan fingerprint density at radius 3 is 2.20 bits per heavy atom. The third-order valence-electron chi connectivity index (χ3n) is 4.60. The van der Waals surface area contributed by atoms with Crippen molar-refractivity contribution in [3.05, 3.63) is 0 Å². The van der Waals surface area contributed by atoms with Crippen LogP contribution in [0.2, 0.25) is 0 Å². The van der Waals surface area contributed by atoms with E-state index in [0.717, 1.165) is 5.92 Å². The summed E-state index contributed by atoms with van der Waals surface area (Å²) in [5, 5.41) is 3.78. The summed E-state index contributed by atoms with van der Waals surface area (Å²) >= 11 is 0. The van der Waals surface area contributed by atoms with E-state index in [4.69, 9.17) is 0 Å². The number of hydrogen-bond acceptors (Lipinski definition) is 2. The molecule has 1 aliphatic carbocycles. The molecule has 0 aromatic heterocycles. The number of nitrogens with zero attached hydrogens (tertiary/aromatic N) is 1. The summed E-state index contributed by atoms with van der Waals surface area (Å²) in [4.78, 5) is 2.58. The van der Waals surface area contributed by atoms with Gasteiger partial charge in [-0.2, -0.15) is 0 Å². The zero-order valence-electron chi connectivity index (χ0n) is 14.9. The van der Waals surface area contributed by atoms with Crippen molar-refractivity contribution in [2.45, 2.75) is 78.7 Å². The lowest BCUT2D eigenvalue weighted by atomic mass is 9.73. The van der Waals surface area contributed by atoms with Crippen LogP contribution in [0.5, 0.6) is 0 Å². The van der Waals surface area contributed by atoms with Crippen LogP contribution in [0.1, 0.15) is 73.1 Å². The van der Waals surface area contributed by atoms with Crippen LogP contribution in [-0.4, -0.2) is 37.1 Å². The Balaban J connectivity index is 2.54. The molecule has 1 fully saturated rings. The van der Waals surface area contributed by atoms with E-state index in [2.05, 4.69) is 51.9 Å². The molecule has 1 aliphatic rings. The molecule has 0 heterocycles. The zero-order valence-corrected chi connectivity index (χ0v) is 14.9. The van der Waals surface area contributed by atoms with E-state index in [9.17, 15) is 0 Å². The van der Waals surface area contributed by atoms with Crippen LogP contribution in [0, 0.1) is 11.3 Å². The summed E-state index contributed by atoms with van der Waals surface area (Å²) in [7, 11) is 2.32. The Morgan fingerprint density at radius 2 is 1.70 bits per heavy atom. The largest absolute Gasteiger partial charge is 0.311 e. The Hall–Kier alpha value is -0.0800. The van der Waals surface area contributed by atoms with Crippen molar-refractivity contribution < 1.29 is 0 Å². The van der Waals surface area contributed by atoms with Crippen molar-refractivity contribution in [1.82, 2.24) is 10.2 Å². The molecule has 1 N–H and O–H groups in total. The van der Waals surface area contributed by atoms with Crippen molar-refractivity contribution in [3.63, 3.8) is 0 Å². The van der Waals surface area contributed by atoms with Gasteiger partial charge in [-0.25, -0.2) is 0 Å². The molecule has 20 heavy (non-hydrogen) atoms. The minimum atomic E-state index is 0.237. The highest BCUT2D eigenvalue weighted by Crippen LogP contribution is 2.36. The number of nitrogens with one attached hydrogen (secondary N) is 1. The molecule has 0 amide bonds. The average Bonchev–Trinajstić information content (AvgIpc) is 2.34. The fourth-order valence-electron chi connectivity index (χ4n) is 3.28. The predicted octanol–water partition coefficient (Wildman–Crippen LogP) is 4.30. The topological polar surface area (TPSA) is 15.3 Å². The Morgan fingerprint density at radius 1 is 1.10 bits per heavy atom. The number of rotatable bonds is 7. The van der Waals surface area contributed by atoms with Gasteiger partial charge in [-0.1, -0.05) is 33.1 Å². The lowest BCUT2D eigenvalue weighted by molar-refractivity contribution is 0.106. The SMILES string of the molecule is CC(C)CCN(C)CC1(CNC(C)(C)C)CCCCC1. The molecule has 0 atom stereocenters. The van der Waals surface area contributed by atoms with E-state index >= 15 is 0 Å². The van der Waals surface area contributed by atoms with Crippen molar-refractivity contribution in [1.29, 1.82) is 0 Å². The maximum atomic E-state index is 3.78. The van der Waals surface area contributed by atoms with Crippen LogP contribution in [0.25, 0.3) is 0 Å². The Labute approximate surface area is 127 Å². The van der Waals surface area contributed by atoms with Gasteiger partial charge < -0.3 is 10.2 Å². The molecule has 1 saturated carbocycles. The van der Waals surface area contributed by atoms with Gasteiger partial charge >= 0.3 is 0 Å². The summed E-state index contributed by atoms with van der Waals surface area (Å²) < 4.78 is 0. The van der Waals surface area contributed by atoms with Crippen molar-refractivity contribution >= 4 is 0 Å². The molecule has 0 saturated heterocycles. The molecule has 0 aliphatic heterocycles. The fraction of sp³-hybridized carbons (Fsp3) is 1.00. The van der Waals surface area contributed by atoms with Crippen LogP contribution in [0.3, 0.4) is 0 Å². The van der Waals surface area contributed by atoms with Gasteiger partial charge in [-0.3, -0.25) is 0 Å². The molecule has 0 bridgehead atoms. The molecule has 0 radical (unpaired) electrons. The monoisotopic (exact) mass is 282 g/mol. The average molecular weight is 283 g/mol. The third kappa shape index (κ3) is 7.08. The molecular formula is C18H38N2. The highest BCUT2D eigenvalue weighted by Gasteiger charge is 2.33. The first kappa shape index (κ1) is 18.0. The second-order valence-corrected chi connectivity index (χ2v) is 8.58. The van der Waals surface area contributed by atoms with Gasteiger partial charge in [0, 0.05) is 18.6 Å². The summed E-state index contributed by atoms with van der Waals surface area (Å²) in [6.07, 6.45) is 8.41. The molecule has 0 aromatic carbocycles. The number of hydrogen-bond donors (Lipinski definition) is 1. The zero-order chi connectivity index (χ0) is 15.2. The first-order valence-electron chi connectivity index (χ1n) is 8.66. The predicted molar refractivity (Wildman–Crippen MR) is 90.2 cm³/mol. The minimum Gasteiger partial charge on any atom is -0.311 e. The maximum absolute atomic E-state index is 3.78. The summed E-state index contributed by atoms with van der Waals surface area (Å²) in [5.74, 6) is 0.812. The van der Waals surface area contributed by atoms with Crippen LogP contribution in [0.4, 0.5) is 0 Å². The molecule has 2 heteroatoms. The van der Waals surface area contributed by atoms with Gasteiger partial charge in [0.15, 0.2) is 0 Å². The lowest BCUT2D eigenvalue weighted by Gasteiger charge is -2.42. The molecule has 1 rings (SSSR count). The van der Waals surface area contributed by atoms with Gasteiger partial charge in [0.25, 0.3) is 0 Å². The summed E-state index contributed by atoms with van der Waals surface area (Å²) in [6, 6.07) is 0. The van der Waals surface area contributed by atoms with Crippen molar-refractivity contribution in [3.8, 4) is 0 Å². The van der Waals surface area contributed by atoms with Gasteiger partial charge in [0.2, 0.25) is 0 Å². The normalized spacial score (nSPS) is 19.8. The molecule has 2 nitrogen and oxygen atoms in total. The first-order valence-corrected chi connectivity index (χ1v) is 8.66. The molecule has 0 aromatic rings. The smallest absolute Gasteiger partial charge is 0.00967 e. The van der Waals surface area contributed by atoms with E-state index in [1.807, 2.05) is 0 Å². The minimum absolute atomic E-state index is 0.237. The van der Waals surface area contributed by atoms with Crippen LogP contribution in [0.15, 0.2) is 0 Å². The Bertz CT molecular complexity index is 259. The van der Waals surface area contributed by atoms with Crippen LogP contribution >= 0.6 is 0 Å². The molecule has 0 spiro atoms. The lowest BCUT2D eigenvalue weighted by Crippen LogP contribution is -2.49. The van der Waals surface area contributed by atoms with Gasteiger partial charge in [0.1, 0.15) is 0 Å². The first-order chi connectivity index (χ1) is 9.22. The summed E-state index contributed by atoms with van der Waals surface area (Å²) in [5.41, 5.74) is 0.748. The summed E-state index contributed by atoms with van der Waals surface area (Å²) in [6.45, 7) is 15.2. The molecule has 0 unspecified atom stereocenters. The highest BCUT2D eigenvalue weighted by molar-refractivity contribution is 4.89. The fourth-order valence-corrected chi connectivity index (χ4v) is 3.28. The third-order valence-corrected chi connectivity index (χ3v) is 4.60. The van der Waals surface area contributed by atoms with E-state index < -0.39 is 0 Å². The van der Waals surface area contributed by atoms with Crippen molar-refractivity contribution in [2.75, 3.05) is 26.7 Å². The second kappa shape index (κ2) is 7.79. The highest BCUT2D eigenvalue weighted by atomic mass is 15.1. The molecule has 120 valence electrons.